The molecule has 152 valence electrons. The largest absolute Gasteiger partial charge is 0.454 e. The van der Waals surface area contributed by atoms with E-state index < -0.39 is 24.6 Å². The predicted octanol–water partition coefficient (Wildman–Crippen LogP) is 1.02. The zero-order valence-corrected chi connectivity index (χ0v) is 17.1. The van der Waals surface area contributed by atoms with Crippen LogP contribution in [0.5, 0.6) is 0 Å². The normalized spacial score (nSPS) is 13.6. The highest BCUT2D eigenvalue weighted by Gasteiger charge is 2.25. The number of nitrogens with zero attached hydrogens (tertiary/aromatic N) is 2. The molecule has 0 aromatic heterocycles. The van der Waals surface area contributed by atoms with Crippen LogP contribution in [0.25, 0.3) is 0 Å². The van der Waals surface area contributed by atoms with E-state index in [0.717, 1.165) is 4.47 Å². The fraction of sp³-hybridized carbons (Fsp3) is 0.444. The van der Waals surface area contributed by atoms with Crippen molar-refractivity contribution in [3.8, 4) is 0 Å². The number of hydrogen-bond acceptors (Lipinski definition) is 6. The van der Waals surface area contributed by atoms with Crippen molar-refractivity contribution in [3.05, 3.63) is 34.3 Å². The minimum atomic E-state index is -0.705. The van der Waals surface area contributed by atoms with Crippen LogP contribution in [-0.4, -0.2) is 79.6 Å². The molecule has 0 spiro atoms. The van der Waals surface area contributed by atoms with Crippen molar-refractivity contribution >= 4 is 39.8 Å². The molecule has 1 aliphatic rings. The first-order valence-corrected chi connectivity index (χ1v) is 9.59. The monoisotopic (exact) mass is 455 g/mol. The van der Waals surface area contributed by atoms with Gasteiger partial charge < -0.3 is 24.6 Å². The fourth-order valence-electron chi connectivity index (χ4n) is 2.49. The number of benzene rings is 1. The molecule has 1 aromatic carbocycles. The zero-order chi connectivity index (χ0) is 20.5. The van der Waals surface area contributed by atoms with Gasteiger partial charge in [0, 0.05) is 36.2 Å². The van der Waals surface area contributed by atoms with Gasteiger partial charge in [0.05, 0.1) is 6.61 Å². The van der Waals surface area contributed by atoms with Crippen LogP contribution in [0, 0.1) is 0 Å². The highest BCUT2D eigenvalue weighted by molar-refractivity contribution is 9.10. The molecule has 1 fully saturated rings. The Labute approximate surface area is 171 Å². The highest BCUT2D eigenvalue weighted by Crippen LogP contribution is 2.10. The Hall–Kier alpha value is -2.62. The molecule has 0 saturated carbocycles. The average molecular weight is 456 g/mol. The van der Waals surface area contributed by atoms with E-state index in [1.54, 1.807) is 31.2 Å². The molecule has 1 saturated heterocycles. The van der Waals surface area contributed by atoms with Gasteiger partial charge in [-0.2, -0.15) is 0 Å². The quantitative estimate of drug-likeness (QED) is 0.642. The van der Waals surface area contributed by atoms with E-state index in [9.17, 15) is 19.2 Å². The fourth-order valence-corrected chi connectivity index (χ4v) is 2.76. The maximum Gasteiger partial charge on any atom is 0.409 e. The summed E-state index contributed by atoms with van der Waals surface area (Å²) in [5.74, 6) is -1.47. The van der Waals surface area contributed by atoms with Crippen LogP contribution in [0.15, 0.2) is 28.7 Å². The Morgan fingerprint density at radius 3 is 2.21 bits per heavy atom. The third-order valence-electron chi connectivity index (χ3n) is 4.01. The Bertz CT molecular complexity index is 717. The van der Waals surface area contributed by atoms with E-state index in [4.69, 9.17) is 9.47 Å². The van der Waals surface area contributed by atoms with Gasteiger partial charge in [-0.05, 0) is 31.2 Å². The van der Waals surface area contributed by atoms with Crippen molar-refractivity contribution in [1.82, 2.24) is 15.1 Å². The standard InChI is InChI=1S/C18H22BrN3O6/c1-2-27-18(26)22-9-7-21(8-10-22)15(23)12-28-16(24)11-20-17(25)13-3-5-14(19)6-4-13/h3-6H,2,7-12H2,1H3,(H,20,25). The van der Waals surface area contributed by atoms with Crippen LogP contribution in [0.1, 0.15) is 17.3 Å². The third-order valence-corrected chi connectivity index (χ3v) is 4.54. The predicted molar refractivity (Wildman–Crippen MR) is 103 cm³/mol. The summed E-state index contributed by atoms with van der Waals surface area (Å²) in [6.07, 6.45) is -0.400. The summed E-state index contributed by atoms with van der Waals surface area (Å²) >= 11 is 3.27. The zero-order valence-electron chi connectivity index (χ0n) is 15.5. The van der Waals surface area contributed by atoms with E-state index in [2.05, 4.69) is 21.2 Å². The van der Waals surface area contributed by atoms with Gasteiger partial charge in [0.15, 0.2) is 6.61 Å². The minimum Gasteiger partial charge on any atom is -0.454 e. The maximum atomic E-state index is 12.1. The first-order chi connectivity index (χ1) is 13.4. The molecule has 2 rings (SSSR count). The van der Waals surface area contributed by atoms with Gasteiger partial charge >= 0.3 is 12.1 Å². The average Bonchev–Trinajstić information content (AvgIpc) is 2.71. The number of carbonyl (C=O) groups excluding carboxylic acids is 4. The van der Waals surface area contributed by atoms with Crippen molar-refractivity contribution < 1.29 is 28.7 Å². The maximum absolute atomic E-state index is 12.1. The van der Waals surface area contributed by atoms with Crippen LogP contribution in [0.4, 0.5) is 4.79 Å². The lowest BCUT2D eigenvalue weighted by Crippen LogP contribution is -2.51. The van der Waals surface area contributed by atoms with E-state index in [1.807, 2.05) is 0 Å². The molecule has 0 radical (unpaired) electrons. The van der Waals surface area contributed by atoms with Crippen LogP contribution >= 0.6 is 15.9 Å². The lowest BCUT2D eigenvalue weighted by molar-refractivity contribution is -0.151. The molecular weight excluding hydrogens is 434 g/mol. The molecule has 1 aromatic rings. The topological polar surface area (TPSA) is 105 Å². The molecular formula is C18H22BrN3O6. The summed E-state index contributed by atoms with van der Waals surface area (Å²) in [7, 11) is 0. The summed E-state index contributed by atoms with van der Waals surface area (Å²) in [6, 6.07) is 6.66. The number of piperazine rings is 1. The second-order valence-corrected chi connectivity index (χ2v) is 6.83. The Balaban J connectivity index is 1.67. The number of halogens is 1. The molecule has 1 heterocycles. The summed E-state index contributed by atoms with van der Waals surface area (Å²) < 4.78 is 10.7. The molecule has 28 heavy (non-hydrogen) atoms. The van der Waals surface area contributed by atoms with Gasteiger partial charge in [0.25, 0.3) is 11.8 Å². The molecule has 3 amide bonds. The van der Waals surface area contributed by atoms with Gasteiger partial charge in [0.2, 0.25) is 0 Å². The summed E-state index contributed by atoms with van der Waals surface area (Å²) in [6.45, 7) is 2.69. The lowest BCUT2D eigenvalue weighted by Gasteiger charge is -2.33. The SMILES string of the molecule is CCOC(=O)N1CCN(C(=O)COC(=O)CNC(=O)c2ccc(Br)cc2)CC1. The molecule has 1 aliphatic heterocycles. The summed E-state index contributed by atoms with van der Waals surface area (Å²) in [5.41, 5.74) is 0.409. The first kappa shape index (κ1) is 21.7. The molecule has 0 unspecified atom stereocenters. The van der Waals surface area contributed by atoms with E-state index in [1.165, 1.54) is 9.80 Å². The van der Waals surface area contributed by atoms with Crippen LogP contribution in [-0.2, 0) is 19.1 Å². The van der Waals surface area contributed by atoms with Crippen molar-refractivity contribution in [2.24, 2.45) is 0 Å². The van der Waals surface area contributed by atoms with Crippen molar-refractivity contribution in [1.29, 1.82) is 0 Å². The van der Waals surface area contributed by atoms with Crippen LogP contribution < -0.4 is 5.32 Å². The molecule has 0 atom stereocenters. The second-order valence-electron chi connectivity index (χ2n) is 5.92. The van der Waals surface area contributed by atoms with Crippen molar-refractivity contribution in [3.63, 3.8) is 0 Å². The number of rotatable bonds is 6. The van der Waals surface area contributed by atoms with Gasteiger partial charge in [-0.1, -0.05) is 15.9 Å². The van der Waals surface area contributed by atoms with Gasteiger partial charge in [-0.15, -0.1) is 0 Å². The minimum absolute atomic E-state index is 0.298. The molecule has 10 heteroatoms. The number of amides is 3. The van der Waals surface area contributed by atoms with Gasteiger partial charge in [-0.25, -0.2) is 4.79 Å². The molecule has 0 bridgehead atoms. The summed E-state index contributed by atoms with van der Waals surface area (Å²) in [4.78, 5) is 50.5. The van der Waals surface area contributed by atoms with E-state index >= 15 is 0 Å². The van der Waals surface area contributed by atoms with Crippen molar-refractivity contribution in [2.75, 3.05) is 45.9 Å². The number of hydrogen-bond donors (Lipinski definition) is 1. The second kappa shape index (κ2) is 10.6. The molecule has 9 nitrogen and oxygen atoms in total. The first-order valence-electron chi connectivity index (χ1n) is 8.79. The number of nitrogens with one attached hydrogen (secondary N) is 1. The molecule has 0 aliphatic carbocycles. The lowest BCUT2D eigenvalue weighted by atomic mass is 10.2. The Morgan fingerprint density at radius 2 is 1.61 bits per heavy atom. The van der Waals surface area contributed by atoms with Crippen LogP contribution in [0.3, 0.4) is 0 Å². The Morgan fingerprint density at radius 1 is 1.00 bits per heavy atom. The van der Waals surface area contributed by atoms with Gasteiger partial charge in [0.1, 0.15) is 6.54 Å². The van der Waals surface area contributed by atoms with Crippen LogP contribution in [0.2, 0.25) is 0 Å². The Kier molecular flexibility index (Phi) is 8.24. The smallest absolute Gasteiger partial charge is 0.409 e. The van der Waals surface area contributed by atoms with Gasteiger partial charge in [-0.3, -0.25) is 14.4 Å². The number of carbonyl (C=O) groups is 4. The number of esters is 1. The molecule has 1 N–H and O–H groups in total. The third kappa shape index (κ3) is 6.52. The van der Waals surface area contributed by atoms with Crippen molar-refractivity contribution in [2.45, 2.75) is 6.92 Å². The van der Waals surface area contributed by atoms with E-state index in [0.29, 0.717) is 38.3 Å². The highest BCUT2D eigenvalue weighted by atomic mass is 79.9. The number of ether oxygens (including phenoxy) is 2. The summed E-state index contributed by atoms with van der Waals surface area (Å²) in [5, 5.41) is 2.44. The van der Waals surface area contributed by atoms with E-state index in [-0.39, 0.29) is 12.5 Å².